The van der Waals surface area contributed by atoms with E-state index in [-0.39, 0.29) is 22.9 Å². The Morgan fingerprint density at radius 3 is 2.04 bits per heavy atom. The molecule has 0 aliphatic carbocycles. The molecule has 0 spiro atoms. The zero-order valence-electron chi connectivity index (χ0n) is 13.6. The number of nitrogens with one attached hydrogen (secondary N) is 1. The molecule has 0 fully saturated rings. The number of carbonyl (C=O) groups excluding carboxylic acids is 1. The summed E-state index contributed by atoms with van der Waals surface area (Å²) < 4.78 is 92.4. The van der Waals surface area contributed by atoms with E-state index in [0.29, 0.717) is 6.07 Å². The highest BCUT2D eigenvalue weighted by Crippen LogP contribution is 2.54. The molecular weight excluding hydrogens is 395 g/mol. The van der Waals surface area contributed by atoms with Crippen LogP contribution in [0.5, 0.6) is 0 Å². The van der Waals surface area contributed by atoms with Crippen LogP contribution in [0.15, 0.2) is 42.5 Å². The first-order valence-corrected chi connectivity index (χ1v) is 7.35. The Labute approximate surface area is 153 Å². The maximum absolute atomic E-state index is 14.4. The number of rotatable bonds is 3. The molecule has 0 aliphatic heterocycles. The van der Waals surface area contributed by atoms with Crippen molar-refractivity contribution in [3.63, 3.8) is 0 Å². The van der Waals surface area contributed by atoms with Crippen LogP contribution >= 0.6 is 0 Å². The number of amides is 1. The van der Waals surface area contributed by atoms with Crippen LogP contribution in [0.1, 0.15) is 21.5 Å². The van der Waals surface area contributed by atoms with E-state index >= 15 is 0 Å². The number of hydrogen-bond acceptors (Lipinski definition) is 3. The van der Waals surface area contributed by atoms with Gasteiger partial charge in [0.25, 0.3) is 5.91 Å². The van der Waals surface area contributed by atoms with Gasteiger partial charge in [-0.1, -0.05) is 18.2 Å². The van der Waals surface area contributed by atoms with Crippen LogP contribution in [0.2, 0.25) is 0 Å². The first-order valence-electron chi connectivity index (χ1n) is 7.35. The number of nitrogen functional groups attached to an aromatic ring is 1. The number of nitriles is 1. The quantitative estimate of drug-likeness (QED) is 0.575. The van der Waals surface area contributed by atoms with Gasteiger partial charge in [-0.3, -0.25) is 4.79 Å². The summed E-state index contributed by atoms with van der Waals surface area (Å²) >= 11 is 0. The lowest BCUT2D eigenvalue weighted by Gasteiger charge is -2.31. The fraction of sp³-hybridized carbons (Fsp3) is 0.176. The molecule has 0 saturated carbocycles. The molecule has 0 unspecified atom stereocenters. The number of alkyl halides is 7. The Morgan fingerprint density at radius 2 is 1.54 bits per heavy atom. The average Bonchev–Trinajstić information content (AvgIpc) is 2.59. The van der Waals surface area contributed by atoms with E-state index in [1.807, 2.05) is 5.32 Å². The number of anilines is 2. The summed E-state index contributed by atoms with van der Waals surface area (Å²) in [6.07, 6.45) is -12.7. The van der Waals surface area contributed by atoms with E-state index in [1.165, 1.54) is 0 Å². The molecule has 2 rings (SSSR count). The lowest BCUT2D eigenvalue weighted by Crippen LogP contribution is -2.50. The summed E-state index contributed by atoms with van der Waals surface area (Å²) in [4.78, 5) is 12.2. The molecule has 4 nitrogen and oxygen atoms in total. The van der Waals surface area contributed by atoms with Crippen molar-refractivity contribution >= 4 is 17.3 Å². The van der Waals surface area contributed by atoms with Crippen molar-refractivity contribution in [3.05, 3.63) is 59.2 Å². The number of carbonyl (C=O) groups is 1. The van der Waals surface area contributed by atoms with Gasteiger partial charge in [0.15, 0.2) is 0 Å². The van der Waals surface area contributed by atoms with Crippen molar-refractivity contribution < 1.29 is 35.5 Å². The SMILES string of the molecule is N#Cc1ccc(C(=O)Nc2ccccc2C(F)(C(F)(F)F)C(F)(F)F)cc1N. The van der Waals surface area contributed by atoms with Gasteiger partial charge in [0.2, 0.25) is 0 Å². The number of halogens is 7. The van der Waals surface area contributed by atoms with Crippen molar-refractivity contribution in [2.45, 2.75) is 18.0 Å². The standard InChI is InChI=1S/C17H10F7N3O/c18-15(16(19,20)21,17(22,23)24)11-3-1-2-4-13(11)27-14(28)9-5-6-10(8-25)12(26)7-9/h1-7H,26H2,(H,27,28). The smallest absolute Gasteiger partial charge is 0.398 e. The Kier molecular flexibility index (Phi) is 5.28. The molecule has 1 amide bonds. The summed E-state index contributed by atoms with van der Waals surface area (Å²) in [5.41, 5.74) is -3.40. The van der Waals surface area contributed by atoms with Crippen LogP contribution in [-0.2, 0) is 5.67 Å². The van der Waals surface area contributed by atoms with Crippen LogP contribution in [0.25, 0.3) is 0 Å². The largest absolute Gasteiger partial charge is 0.436 e. The van der Waals surface area contributed by atoms with Crippen molar-refractivity contribution in [3.8, 4) is 6.07 Å². The van der Waals surface area contributed by atoms with Crippen LogP contribution in [0, 0.1) is 11.3 Å². The van der Waals surface area contributed by atoms with E-state index < -0.39 is 35.2 Å². The third kappa shape index (κ3) is 3.58. The van der Waals surface area contributed by atoms with Gasteiger partial charge in [-0.05, 0) is 24.3 Å². The molecule has 0 aromatic heterocycles. The highest BCUT2D eigenvalue weighted by molar-refractivity contribution is 6.05. The molecule has 0 heterocycles. The molecule has 3 N–H and O–H groups in total. The molecule has 2 aromatic rings. The molecule has 0 radical (unpaired) electrons. The maximum atomic E-state index is 14.4. The monoisotopic (exact) mass is 405 g/mol. The Hall–Kier alpha value is -3.29. The van der Waals surface area contributed by atoms with Crippen LogP contribution in [0.4, 0.5) is 42.1 Å². The minimum atomic E-state index is -6.33. The predicted octanol–water partition coefficient (Wildman–Crippen LogP) is 4.68. The van der Waals surface area contributed by atoms with E-state index in [2.05, 4.69) is 0 Å². The Bertz CT molecular complexity index is 931. The third-order valence-corrected chi connectivity index (χ3v) is 3.76. The van der Waals surface area contributed by atoms with Crippen LogP contribution in [-0.4, -0.2) is 18.3 Å². The second-order valence-electron chi connectivity index (χ2n) is 5.57. The van der Waals surface area contributed by atoms with Gasteiger partial charge in [0.05, 0.1) is 11.3 Å². The first-order chi connectivity index (χ1) is 12.8. The van der Waals surface area contributed by atoms with Crippen molar-refractivity contribution in [1.29, 1.82) is 5.26 Å². The second kappa shape index (κ2) is 7.03. The van der Waals surface area contributed by atoms with Crippen molar-refractivity contribution in [2.75, 3.05) is 11.1 Å². The second-order valence-corrected chi connectivity index (χ2v) is 5.57. The summed E-state index contributed by atoms with van der Waals surface area (Å²) in [6, 6.07) is 7.73. The molecule has 11 heteroatoms. The molecule has 148 valence electrons. The van der Waals surface area contributed by atoms with Crippen LogP contribution in [0.3, 0.4) is 0 Å². The lowest BCUT2D eigenvalue weighted by molar-refractivity contribution is -0.348. The molecule has 0 aliphatic rings. The molecule has 28 heavy (non-hydrogen) atoms. The molecular formula is C17H10F7N3O. The molecule has 0 bridgehead atoms. The van der Waals surface area contributed by atoms with E-state index in [4.69, 9.17) is 11.0 Å². The summed E-state index contributed by atoms with van der Waals surface area (Å²) in [5.74, 6) is -1.14. The molecule has 0 saturated heterocycles. The number of benzene rings is 2. The van der Waals surface area contributed by atoms with Gasteiger partial charge in [-0.2, -0.15) is 31.6 Å². The number of hydrogen-bond donors (Lipinski definition) is 2. The van der Waals surface area contributed by atoms with Gasteiger partial charge < -0.3 is 11.1 Å². The highest BCUT2D eigenvalue weighted by atomic mass is 19.4. The maximum Gasteiger partial charge on any atom is 0.436 e. The number of para-hydroxylation sites is 1. The predicted molar refractivity (Wildman–Crippen MR) is 84.9 cm³/mol. The van der Waals surface area contributed by atoms with Gasteiger partial charge in [0, 0.05) is 16.8 Å². The van der Waals surface area contributed by atoms with Gasteiger partial charge in [0.1, 0.15) is 6.07 Å². The summed E-state index contributed by atoms with van der Waals surface area (Å²) in [5, 5.41) is 10.6. The zero-order chi connectivity index (χ0) is 21.3. The van der Waals surface area contributed by atoms with Gasteiger partial charge in [-0.25, -0.2) is 4.39 Å². The highest BCUT2D eigenvalue weighted by Gasteiger charge is 2.74. The van der Waals surface area contributed by atoms with E-state index in [9.17, 15) is 35.5 Å². The average molecular weight is 405 g/mol. The zero-order valence-corrected chi connectivity index (χ0v) is 13.6. The van der Waals surface area contributed by atoms with Gasteiger partial charge in [-0.15, -0.1) is 0 Å². The van der Waals surface area contributed by atoms with Crippen molar-refractivity contribution in [1.82, 2.24) is 0 Å². The number of nitrogens with two attached hydrogens (primary N) is 1. The minimum absolute atomic E-state index is 0.00821. The minimum Gasteiger partial charge on any atom is -0.398 e. The first kappa shape index (κ1) is 21.0. The van der Waals surface area contributed by atoms with Gasteiger partial charge >= 0.3 is 18.0 Å². The normalized spacial score (nSPS) is 12.4. The number of nitrogens with zero attached hydrogens (tertiary/aromatic N) is 1. The summed E-state index contributed by atoms with van der Waals surface area (Å²) in [6.45, 7) is 0. The Morgan fingerprint density at radius 1 is 0.964 bits per heavy atom. The van der Waals surface area contributed by atoms with Crippen molar-refractivity contribution in [2.24, 2.45) is 0 Å². The van der Waals surface area contributed by atoms with E-state index in [1.54, 1.807) is 6.07 Å². The fourth-order valence-electron chi connectivity index (χ4n) is 2.36. The topological polar surface area (TPSA) is 78.9 Å². The summed E-state index contributed by atoms with van der Waals surface area (Å²) in [7, 11) is 0. The fourth-order valence-corrected chi connectivity index (χ4v) is 2.36. The van der Waals surface area contributed by atoms with E-state index in [0.717, 1.165) is 30.3 Å². The third-order valence-electron chi connectivity index (χ3n) is 3.76. The van der Waals surface area contributed by atoms with Crippen LogP contribution < -0.4 is 11.1 Å². The molecule has 2 aromatic carbocycles. The lowest BCUT2D eigenvalue weighted by atomic mass is 9.92. The Balaban J connectivity index is 2.51. The molecule has 0 atom stereocenters.